The van der Waals surface area contributed by atoms with E-state index >= 15 is 0 Å². The Morgan fingerprint density at radius 2 is 1.89 bits per heavy atom. The largest absolute Gasteiger partial charge is 0.384 e. The first kappa shape index (κ1) is 15.4. The Bertz CT molecular complexity index is 1420. The third-order valence-corrected chi connectivity index (χ3v) is 4.76. The summed E-state index contributed by atoms with van der Waals surface area (Å²) in [6, 6.07) is 11.7. The van der Waals surface area contributed by atoms with E-state index in [-0.39, 0.29) is 0 Å². The number of para-hydroxylation sites is 1. The number of fused-ring (bicyclic) bond motifs is 4. The van der Waals surface area contributed by atoms with Crippen molar-refractivity contribution in [2.75, 3.05) is 5.73 Å². The Kier molecular flexibility index (Phi) is 3.06. The molecule has 0 amide bonds. The van der Waals surface area contributed by atoms with Crippen LogP contribution in [-0.4, -0.2) is 29.3 Å². The second-order valence-corrected chi connectivity index (χ2v) is 6.43. The molecule has 0 unspecified atom stereocenters. The number of aromatic nitrogens is 6. The molecule has 0 spiro atoms. The van der Waals surface area contributed by atoms with E-state index in [0.29, 0.717) is 28.0 Å². The summed E-state index contributed by atoms with van der Waals surface area (Å²) in [6.07, 6.45) is 1.75. The van der Waals surface area contributed by atoms with Gasteiger partial charge in [0.15, 0.2) is 11.3 Å². The van der Waals surface area contributed by atoms with Gasteiger partial charge in [-0.15, -0.1) is 0 Å². The molecule has 0 bridgehead atoms. The summed E-state index contributed by atoms with van der Waals surface area (Å²) in [6.45, 7) is 1.92. The van der Waals surface area contributed by atoms with Crippen molar-refractivity contribution < 1.29 is 0 Å². The van der Waals surface area contributed by atoms with Crippen molar-refractivity contribution in [3.05, 3.63) is 58.8 Å². The zero-order chi connectivity index (χ0) is 18.7. The van der Waals surface area contributed by atoms with Gasteiger partial charge < -0.3 is 5.73 Å². The van der Waals surface area contributed by atoms with Crippen molar-refractivity contribution in [1.82, 2.24) is 29.3 Å². The van der Waals surface area contributed by atoms with Crippen LogP contribution >= 0.6 is 0 Å². The molecule has 0 saturated carbocycles. The Hall–Kier alpha value is -3.81. The molecule has 0 radical (unpaired) electrons. The van der Waals surface area contributed by atoms with E-state index in [1.54, 1.807) is 17.9 Å². The number of pyridine rings is 2. The summed E-state index contributed by atoms with van der Waals surface area (Å²) < 4.78 is 3.10. The van der Waals surface area contributed by atoms with Gasteiger partial charge in [-0.1, -0.05) is 18.2 Å². The summed E-state index contributed by atoms with van der Waals surface area (Å²) in [4.78, 5) is 25.3. The minimum atomic E-state index is -0.436. The monoisotopic (exact) mass is 357 g/mol. The van der Waals surface area contributed by atoms with Crippen LogP contribution in [0.25, 0.3) is 38.7 Å². The zero-order valence-electron chi connectivity index (χ0n) is 14.7. The topological polar surface area (TPSA) is 105 Å². The number of nitrogens with zero attached hydrogens (tertiary/aromatic N) is 6. The number of hydrogen-bond acceptors (Lipinski definition) is 6. The predicted octanol–water partition coefficient (Wildman–Crippen LogP) is 2.11. The van der Waals surface area contributed by atoms with Crippen molar-refractivity contribution in [3.63, 3.8) is 0 Å². The molecule has 5 aromatic rings. The average molecular weight is 357 g/mol. The Balaban J connectivity index is 1.91. The number of aryl methyl sites for hydroxylation is 1. The fraction of sp³-hybridized carbons (Fsp3) is 0.105. The molecule has 8 nitrogen and oxygen atoms in total. The molecule has 4 heterocycles. The molecule has 5 rings (SSSR count). The first-order chi connectivity index (χ1) is 13.0. The predicted molar refractivity (Wildman–Crippen MR) is 104 cm³/mol. The lowest BCUT2D eigenvalue weighted by Gasteiger charge is -2.08. The molecule has 132 valence electrons. The minimum Gasteiger partial charge on any atom is -0.384 e. The molecule has 2 N–H and O–H groups in total. The van der Waals surface area contributed by atoms with Crippen LogP contribution in [0.15, 0.2) is 47.4 Å². The van der Waals surface area contributed by atoms with Crippen LogP contribution in [0.4, 0.5) is 5.82 Å². The number of nitrogens with two attached hydrogens (primary N) is 1. The van der Waals surface area contributed by atoms with E-state index in [1.807, 2.05) is 43.3 Å². The van der Waals surface area contributed by atoms with Crippen molar-refractivity contribution in [2.24, 2.45) is 7.05 Å². The molecule has 1 aromatic carbocycles. The number of nitrogen functional groups attached to an aromatic ring is 1. The van der Waals surface area contributed by atoms with Gasteiger partial charge in [-0.3, -0.25) is 4.57 Å². The maximum Gasteiger partial charge on any atom is 0.350 e. The smallest absolute Gasteiger partial charge is 0.350 e. The molecule has 8 heteroatoms. The van der Waals surface area contributed by atoms with Gasteiger partial charge in [-0.2, -0.15) is 10.1 Å². The molecule has 0 aliphatic carbocycles. The van der Waals surface area contributed by atoms with Gasteiger partial charge in [-0.25, -0.2) is 19.4 Å². The Labute approximate surface area is 152 Å². The molecule has 0 atom stereocenters. The number of rotatable bonds is 1. The van der Waals surface area contributed by atoms with E-state index in [0.717, 1.165) is 22.2 Å². The second-order valence-electron chi connectivity index (χ2n) is 6.43. The third-order valence-electron chi connectivity index (χ3n) is 4.76. The van der Waals surface area contributed by atoms with Gasteiger partial charge in [0.25, 0.3) is 0 Å². The van der Waals surface area contributed by atoms with E-state index < -0.39 is 5.69 Å². The lowest BCUT2D eigenvalue weighted by atomic mass is 10.1. The quantitative estimate of drug-likeness (QED) is 0.461. The summed E-state index contributed by atoms with van der Waals surface area (Å²) in [5, 5.41) is 6.92. The number of anilines is 1. The van der Waals surface area contributed by atoms with E-state index in [2.05, 4.69) is 20.1 Å². The van der Waals surface area contributed by atoms with Crippen LogP contribution < -0.4 is 11.4 Å². The standard InChI is InChI=1S/C19H15N7O/c1-10-14-15-11(8-13-16(20)25(2)19(27)23-17(13)22-15)9-21-18(14)26(24-10)12-6-4-3-5-7-12/h3-9H,20H2,1-2H3. The van der Waals surface area contributed by atoms with Gasteiger partial charge in [0, 0.05) is 18.6 Å². The molecule has 0 saturated heterocycles. The Morgan fingerprint density at radius 3 is 2.67 bits per heavy atom. The molecular formula is C19H15N7O. The van der Waals surface area contributed by atoms with E-state index in [4.69, 9.17) is 5.73 Å². The summed E-state index contributed by atoms with van der Waals surface area (Å²) in [7, 11) is 1.59. The molecule has 4 aromatic heterocycles. The summed E-state index contributed by atoms with van der Waals surface area (Å²) >= 11 is 0. The van der Waals surface area contributed by atoms with Crippen LogP contribution in [0, 0.1) is 6.92 Å². The highest BCUT2D eigenvalue weighted by Gasteiger charge is 2.16. The fourth-order valence-electron chi connectivity index (χ4n) is 3.33. The summed E-state index contributed by atoms with van der Waals surface area (Å²) in [5.41, 5.74) is 9.09. The maximum atomic E-state index is 12.0. The second kappa shape index (κ2) is 5.34. The van der Waals surface area contributed by atoms with Crippen LogP contribution in [0.1, 0.15) is 5.69 Å². The highest BCUT2D eigenvalue weighted by atomic mass is 16.1. The van der Waals surface area contributed by atoms with Gasteiger partial charge in [0.2, 0.25) is 0 Å². The Morgan fingerprint density at radius 1 is 1.11 bits per heavy atom. The van der Waals surface area contributed by atoms with Gasteiger partial charge in [0.05, 0.1) is 27.7 Å². The molecule has 27 heavy (non-hydrogen) atoms. The van der Waals surface area contributed by atoms with Gasteiger partial charge >= 0.3 is 5.69 Å². The normalized spacial score (nSPS) is 11.6. The van der Waals surface area contributed by atoms with Crippen molar-refractivity contribution in [1.29, 1.82) is 0 Å². The average Bonchev–Trinajstić information content (AvgIpc) is 3.03. The molecule has 0 aliphatic rings. The zero-order valence-corrected chi connectivity index (χ0v) is 14.7. The minimum absolute atomic E-state index is 0.322. The first-order valence-corrected chi connectivity index (χ1v) is 8.41. The van der Waals surface area contributed by atoms with Crippen molar-refractivity contribution in [2.45, 2.75) is 6.92 Å². The number of benzene rings is 1. The lowest BCUT2D eigenvalue weighted by molar-refractivity contribution is 0.837. The third kappa shape index (κ3) is 2.13. The van der Waals surface area contributed by atoms with Crippen LogP contribution in [-0.2, 0) is 7.05 Å². The SMILES string of the molecule is Cc1nn(-c2ccccc2)c2ncc3cc4c(N)n(C)c(=O)nc4nc3c12. The molecular weight excluding hydrogens is 342 g/mol. The van der Waals surface area contributed by atoms with Gasteiger partial charge in [0.1, 0.15) is 5.82 Å². The highest BCUT2D eigenvalue weighted by Crippen LogP contribution is 2.29. The van der Waals surface area contributed by atoms with Crippen molar-refractivity contribution >= 4 is 38.8 Å². The van der Waals surface area contributed by atoms with Crippen molar-refractivity contribution in [3.8, 4) is 5.69 Å². The summed E-state index contributed by atoms with van der Waals surface area (Å²) in [5.74, 6) is 0.330. The van der Waals surface area contributed by atoms with Crippen LogP contribution in [0.3, 0.4) is 0 Å². The first-order valence-electron chi connectivity index (χ1n) is 8.41. The van der Waals surface area contributed by atoms with Gasteiger partial charge in [-0.05, 0) is 25.1 Å². The van der Waals surface area contributed by atoms with Crippen LogP contribution in [0.5, 0.6) is 0 Å². The lowest BCUT2D eigenvalue weighted by Crippen LogP contribution is -2.23. The molecule has 0 fully saturated rings. The van der Waals surface area contributed by atoms with E-state index in [9.17, 15) is 4.79 Å². The highest BCUT2D eigenvalue weighted by molar-refractivity contribution is 6.07. The fourth-order valence-corrected chi connectivity index (χ4v) is 3.33. The number of hydrogen-bond donors (Lipinski definition) is 1. The van der Waals surface area contributed by atoms with Crippen LogP contribution in [0.2, 0.25) is 0 Å². The maximum absolute atomic E-state index is 12.0. The van der Waals surface area contributed by atoms with E-state index in [1.165, 1.54) is 4.57 Å². The molecule has 0 aliphatic heterocycles.